The third-order valence-corrected chi connectivity index (χ3v) is 4.89. The SMILES string of the molecule is C#CCS(=O)(=O)C1CCCC(C=C)=C1C. The summed E-state index contributed by atoms with van der Waals surface area (Å²) in [5, 5.41) is -0.393. The Morgan fingerprint density at radius 2 is 2.33 bits per heavy atom. The van der Waals surface area contributed by atoms with Crippen LogP contribution in [-0.4, -0.2) is 19.4 Å². The molecule has 0 aliphatic heterocycles. The van der Waals surface area contributed by atoms with Crippen molar-refractivity contribution >= 4 is 9.84 Å². The number of rotatable bonds is 3. The van der Waals surface area contributed by atoms with E-state index in [9.17, 15) is 8.42 Å². The van der Waals surface area contributed by atoms with Crippen molar-refractivity contribution in [1.82, 2.24) is 0 Å². The molecule has 1 unspecified atom stereocenters. The van der Waals surface area contributed by atoms with Gasteiger partial charge in [0.2, 0.25) is 0 Å². The first kappa shape index (κ1) is 12.1. The molecule has 0 spiro atoms. The van der Waals surface area contributed by atoms with Gasteiger partial charge in [-0.3, -0.25) is 0 Å². The quantitative estimate of drug-likeness (QED) is 0.688. The van der Waals surface area contributed by atoms with Crippen LogP contribution in [0.1, 0.15) is 26.2 Å². The van der Waals surface area contributed by atoms with Gasteiger partial charge in [0, 0.05) is 0 Å². The molecule has 1 rings (SSSR count). The number of hydrogen-bond donors (Lipinski definition) is 0. The molecule has 1 aliphatic carbocycles. The van der Waals surface area contributed by atoms with Crippen molar-refractivity contribution in [3.8, 4) is 12.3 Å². The molecule has 0 radical (unpaired) electrons. The van der Waals surface area contributed by atoms with Crippen LogP contribution < -0.4 is 0 Å². The van der Waals surface area contributed by atoms with Gasteiger partial charge in [-0.05, 0) is 31.8 Å². The van der Waals surface area contributed by atoms with Gasteiger partial charge in [-0.1, -0.05) is 24.1 Å². The van der Waals surface area contributed by atoms with Crippen LogP contribution in [0.15, 0.2) is 23.8 Å². The van der Waals surface area contributed by atoms with Crippen LogP contribution in [0.2, 0.25) is 0 Å². The summed E-state index contributed by atoms with van der Waals surface area (Å²) in [5.74, 6) is 2.06. The first-order valence-corrected chi connectivity index (χ1v) is 6.71. The molecular weight excluding hydrogens is 208 g/mol. The second kappa shape index (κ2) is 4.67. The normalized spacial score (nSPS) is 22.3. The van der Waals surface area contributed by atoms with Gasteiger partial charge in [-0.25, -0.2) is 8.42 Å². The minimum Gasteiger partial charge on any atom is -0.227 e. The van der Waals surface area contributed by atoms with E-state index in [1.807, 2.05) is 6.92 Å². The van der Waals surface area contributed by atoms with Crippen LogP contribution >= 0.6 is 0 Å². The Morgan fingerprint density at radius 1 is 1.67 bits per heavy atom. The zero-order valence-electron chi connectivity index (χ0n) is 8.99. The molecule has 15 heavy (non-hydrogen) atoms. The largest absolute Gasteiger partial charge is 0.227 e. The molecule has 2 nitrogen and oxygen atoms in total. The number of sulfone groups is 1. The third-order valence-electron chi connectivity index (χ3n) is 2.87. The highest BCUT2D eigenvalue weighted by molar-refractivity contribution is 7.92. The first-order valence-electron chi connectivity index (χ1n) is 5.00. The predicted octanol–water partition coefficient (Wildman–Crippen LogP) is 2.09. The topological polar surface area (TPSA) is 34.1 Å². The second-order valence-electron chi connectivity index (χ2n) is 3.80. The molecule has 0 N–H and O–H groups in total. The third kappa shape index (κ3) is 2.51. The molecule has 0 saturated carbocycles. The molecule has 3 heteroatoms. The molecular formula is C12H16O2S. The van der Waals surface area contributed by atoms with E-state index in [2.05, 4.69) is 12.5 Å². The van der Waals surface area contributed by atoms with E-state index in [1.54, 1.807) is 6.08 Å². The summed E-state index contributed by atoms with van der Waals surface area (Å²) < 4.78 is 23.7. The van der Waals surface area contributed by atoms with Crippen molar-refractivity contribution < 1.29 is 8.42 Å². The van der Waals surface area contributed by atoms with Crippen molar-refractivity contribution in [2.24, 2.45) is 0 Å². The molecule has 0 fully saturated rings. The monoisotopic (exact) mass is 224 g/mol. The zero-order chi connectivity index (χ0) is 11.5. The molecule has 0 heterocycles. The fourth-order valence-corrected chi connectivity index (χ4v) is 3.68. The Bertz CT molecular complexity index is 421. The summed E-state index contributed by atoms with van der Waals surface area (Å²) in [7, 11) is -3.17. The van der Waals surface area contributed by atoms with E-state index >= 15 is 0 Å². The van der Waals surface area contributed by atoms with Gasteiger partial charge in [0.05, 0.1) is 5.25 Å². The lowest BCUT2D eigenvalue weighted by Gasteiger charge is -2.24. The van der Waals surface area contributed by atoms with Crippen molar-refractivity contribution in [3.63, 3.8) is 0 Å². The maximum absolute atomic E-state index is 11.8. The number of terminal acetylenes is 1. The summed E-state index contributed by atoms with van der Waals surface area (Å²) in [5.41, 5.74) is 1.98. The van der Waals surface area contributed by atoms with Gasteiger partial charge >= 0.3 is 0 Å². The van der Waals surface area contributed by atoms with Gasteiger partial charge in [0.15, 0.2) is 9.84 Å². The van der Waals surface area contributed by atoms with Crippen LogP contribution in [0.3, 0.4) is 0 Å². The Labute approximate surface area is 92.0 Å². The van der Waals surface area contributed by atoms with Crippen LogP contribution in [-0.2, 0) is 9.84 Å². The molecule has 0 aromatic rings. The Hall–Kier alpha value is -1.01. The Kier molecular flexibility index (Phi) is 3.76. The molecule has 0 aromatic heterocycles. The van der Waals surface area contributed by atoms with E-state index in [0.29, 0.717) is 6.42 Å². The van der Waals surface area contributed by atoms with E-state index in [-0.39, 0.29) is 5.75 Å². The summed E-state index contributed by atoms with van der Waals surface area (Å²) >= 11 is 0. The predicted molar refractivity (Wildman–Crippen MR) is 63.2 cm³/mol. The van der Waals surface area contributed by atoms with Gasteiger partial charge in [-0.15, -0.1) is 6.42 Å². The fraction of sp³-hybridized carbons (Fsp3) is 0.500. The smallest absolute Gasteiger partial charge is 0.168 e. The average Bonchev–Trinajstić information content (AvgIpc) is 2.17. The van der Waals surface area contributed by atoms with Crippen molar-refractivity contribution in [2.45, 2.75) is 31.4 Å². The highest BCUT2D eigenvalue weighted by Gasteiger charge is 2.29. The summed E-state index contributed by atoms with van der Waals surface area (Å²) in [6.07, 6.45) is 9.34. The average molecular weight is 224 g/mol. The first-order chi connectivity index (χ1) is 7.03. The minimum absolute atomic E-state index is 0.167. The van der Waals surface area contributed by atoms with Gasteiger partial charge in [-0.2, -0.15) is 0 Å². The number of hydrogen-bond acceptors (Lipinski definition) is 2. The van der Waals surface area contributed by atoms with Crippen LogP contribution in [0.5, 0.6) is 0 Å². The standard InChI is InChI=1S/C12H16O2S/c1-4-9-15(13,14)12-8-6-7-11(5-2)10(12)3/h1,5,12H,2,6-9H2,3H3. The van der Waals surface area contributed by atoms with Crippen molar-refractivity contribution in [2.75, 3.05) is 5.75 Å². The number of allylic oxidation sites excluding steroid dienone is 2. The van der Waals surface area contributed by atoms with Crippen LogP contribution in [0.25, 0.3) is 0 Å². The lowest BCUT2D eigenvalue weighted by molar-refractivity contribution is 0.572. The van der Waals surface area contributed by atoms with Gasteiger partial charge in [0.1, 0.15) is 5.75 Å². The van der Waals surface area contributed by atoms with Crippen LogP contribution in [0.4, 0.5) is 0 Å². The molecule has 1 aliphatic rings. The lowest BCUT2D eigenvalue weighted by Crippen LogP contribution is -2.27. The maximum Gasteiger partial charge on any atom is 0.168 e. The summed E-state index contributed by atoms with van der Waals surface area (Å²) in [4.78, 5) is 0. The van der Waals surface area contributed by atoms with Gasteiger partial charge < -0.3 is 0 Å². The molecule has 0 amide bonds. The maximum atomic E-state index is 11.8. The highest BCUT2D eigenvalue weighted by atomic mass is 32.2. The molecule has 0 saturated heterocycles. The van der Waals surface area contributed by atoms with Gasteiger partial charge in [0.25, 0.3) is 0 Å². The Morgan fingerprint density at radius 3 is 2.87 bits per heavy atom. The Balaban J connectivity index is 3.08. The second-order valence-corrected chi connectivity index (χ2v) is 5.99. The summed E-state index contributed by atoms with van der Waals surface area (Å²) in [6.45, 7) is 5.57. The van der Waals surface area contributed by atoms with Crippen molar-refractivity contribution in [1.29, 1.82) is 0 Å². The van der Waals surface area contributed by atoms with E-state index in [0.717, 1.165) is 24.0 Å². The molecule has 0 aromatic carbocycles. The molecule has 1 atom stereocenters. The highest BCUT2D eigenvalue weighted by Crippen LogP contribution is 2.30. The summed E-state index contributed by atoms with van der Waals surface area (Å²) in [6, 6.07) is 0. The van der Waals surface area contributed by atoms with Crippen LogP contribution in [0, 0.1) is 12.3 Å². The fourth-order valence-electron chi connectivity index (χ4n) is 2.03. The molecule has 82 valence electrons. The zero-order valence-corrected chi connectivity index (χ0v) is 9.81. The lowest BCUT2D eigenvalue weighted by atomic mass is 9.92. The molecule has 0 bridgehead atoms. The van der Waals surface area contributed by atoms with E-state index in [1.165, 1.54) is 0 Å². The van der Waals surface area contributed by atoms with Crippen molar-refractivity contribution in [3.05, 3.63) is 23.8 Å². The minimum atomic E-state index is -3.17. The van der Waals surface area contributed by atoms with E-state index < -0.39 is 15.1 Å². The van der Waals surface area contributed by atoms with E-state index in [4.69, 9.17) is 6.42 Å².